The summed E-state index contributed by atoms with van der Waals surface area (Å²) >= 11 is 31.2. The van der Waals surface area contributed by atoms with Crippen LogP contribution in [-0.4, -0.2) is 31.1 Å². The maximum atomic E-state index is 11.8. The van der Waals surface area contributed by atoms with E-state index in [1.54, 1.807) is 0 Å². The molecule has 116 valence electrons. The third kappa shape index (κ3) is 4.57. The minimum absolute atomic E-state index is 0.0644. The number of esters is 1. The van der Waals surface area contributed by atoms with Crippen molar-refractivity contribution in [3.63, 3.8) is 0 Å². The lowest BCUT2D eigenvalue weighted by Gasteiger charge is -2.15. The summed E-state index contributed by atoms with van der Waals surface area (Å²) in [5.74, 6) is -0.494. The van der Waals surface area contributed by atoms with Crippen LogP contribution in [-0.2, 0) is 9.53 Å². The van der Waals surface area contributed by atoms with Crippen molar-refractivity contribution in [2.24, 2.45) is 4.99 Å². The molecule has 0 bridgehead atoms. The molecular weight excluding hydrogens is 399 g/mol. The van der Waals surface area contributed by atoms with Gasteiger partial charge in [-0.2, -0.15) is 0 Å². The molecule has 0 aromatic heterocycles. The lowest BCUT2D eigenvalue weighted by molar-refractivity contribution is -0.138. The number of hydrogen-bond donors (Lipinski definition) is 0. The number of ether oxygens (including phenoxy) is 1. The largest absolute Gasteiger partial charge is 0.468 e. The van der Waals surface area contributed by atoms with E-state index in [0.717, 1.165) is 11.8 Å². The first-order valence-corrected chi connectivity index (χ1v) is 8.37. The molecule has 0 heterocycles. The number of benzene rings is 1. The highest BCUT2D eigenvalue weighted by molar-refractivity contribution is 8.01. The van der Waals surface area contributed by atoms with Crippen molar-refractivity contribution in [1.82, 2.24) is 0 Å². The molecule has 0 spiro atoms. The summed E-state index contributed by atoms with van der Waals surface area (Å²) in [6.07, 6.45) is 1.46. The number of nitrogens with zero attached hydrogens (tertiary/aromatic N) is 1. The molecule has 9 heteroatoms. The monoisotopic (exact) mass is 407 g/mol. The number of rotatable bonds is 5. The van der Waals surface area contributed by atoms with Gasteiger partial charge in [-0.15, -0.1) is 11.8 Å². The van der Waals surface area contributed by atoms with Gasteiger partial charge in [-0.3, -0.25) is 9.79 Å². The van der Waals surface area contributed by atoms with Gasteiger partial charge in [0.25, 0.3) is 0 Å². The fraction of sp³-hybridized carbons (Fsp3) is 0.333. The molecule has 0 aliphatic carbocycles. The van der Waals surface area contributed by atoms with Crippen LogP contribution in [0.25, 0.3) is 0 Å². The Kier molecular flexibility index (Phi) is 7.96. The van der Waals surface area contributed by atoms with Crippen LogP contribution in [0, 0.1) is 0 Å². The molecule has 0 aliphatic heterocycles. The first-order valence-electron chi connectivity index (χ1n) is 5.60. The third-order valence-corrected chi connectivity index (χ3v) is 5.98. The van der Waals surface area contributed by atoms with E-state index < -0.39 is 11.2 Å². The maximum absolute atomic E-state index is 11.8. The number of thioether (sulfide) groups is 1. The van der Waals surface area contributed by atoms with Gasteiger partial charge in [0.15, 0.2) is 0 Å². The first-order chi connectivity index (χ1) is 9.84. The molecule has 1 aromatic rings. The van der Waals surface area contributed by atoms with Gasteiger partial charge in [0, 0.05) is 17.7 Å². The van der Waals surface area contributed by atoms with E-state index in [9.17, 15) is 4.79 Å². The van der Waals surface area contributed by atoms with Crippen LogP contribution in [0.1, 0.15) is 6.92 Å². The maximum Gasteiger partial charge on any atom is 0.324 e. The molecule has 0 saturated heterocycles. The predicted octanol–water partition coefficient (Wildman–Crippen LogP) is 5.68. The van der Waals surface area contributed by atoms with Gasteiger partial charge < -0.3 is 4.74 Å². The summed E-state index contributed by atoms with van der Waals surface area (Å²) < 4.78 is 4.72. The number of aliphatic imine (C=N–C) groups is 1. The summed E-state index contributed by atoms with van der Waals surface area (Å²) in [5.41, 5.74) is 0. The van der Waals surface area contributed by atoms with Gasteiger partial charge in [0.05, 0.1) is 32.2 Å². The van der Waals surface area contributed by atoms with Crippen molar-refractivity contribution in [3.8, 4) is 0 Å². The third-order valence-electron chi connectivity index (χ3n) is 2.27. The highest BCUT2D eigenvalue weighted by Crippen LogP contribution is 2.48. The zero-order valence-corrected chi connectivity index (χ0v) is 15.5. The second-order valence-electron chi connectivity index (χ2n) is 3.61. The van der Waals surface area contributed by atoms with Crippen molar-refractivity contribution < 1.29 is 9.53 Å². The Labute approximate surface area is 151 Å². The zero-order chi connectivity index (χ0) is 16.2. The average Bonchev–Trinajstić information content (AvgIpc) is 2.49. The summed E-state index contributed by atoms with van der Waals surface area (Å²) in [6, 6.07) is 0. The van der Waals surface area contributed by atoms with Crippen LogP contribution in [0.2, 0.25) is 25.1 Å². The highest BCUT2D eigenvalue weighted by Gasteiger charge is 2.25. The Hall–Kier alpha value is 0.160. The van der Waals surface area contributed by atoms with Gasteiger partial charge in [-0.1, -0.05) is 58.0 Å². The van der Waals surface area contributed by atoms with E-state index in [2.05, 4.69) is 4.99 Å². The minimum Gasteiger partial charge on any atom is -0.468 e. The van der Waals surface area contributed by atoms with E-state index in [1.165, 1.54) is 13.3 Å². The molecule has 0 N–H and O–H groups in total. The predicted molar refractivity (Wildman–Crippen MR) is 92.2 cm³/mol. The molecule has 1 atom stereocenters. The average molecular weight is 410 g/mol. The van der Waals surface area contributed by atoms with Gasteiger partial charge in [-0.05, 0) is 6.92 Å². The Bertz CT molecular complexity index is 550. The van der Waals surface area contributed by atoms with Crippen LogP contribution in [0.3, 0.4) is 0 Å². The summed E-state index contributed by atoms with van der Waals surface area (Å²) in [5, 5.41) is -0.259. The van der Waals surface area contributed by atoms with Crippen molar-refractivity contribution in [3.05, 3.63) is 25.1 Å². The van der Waals surface area contributed by atoms with Crippen LogP contribution in [0.4, 0.5) is 0 Å². The van der Waals surface area contributed by atoms with E-state index in [-0.39, 0.29) is 25.1 Å². The minimum atomic E-state index is -0.724. The lowest BCUT2D eigenvalue weighted by Crippen LogP contribution is -2.20. The molecule has 1 unspecified atom stereocenters. The van der Waals surface area contributed by atoms with Crippen LogP contribution in [0.5, 0.6) is 0 Å². The molecule has 1 aromatic carbocycles. The summed E-state index contributed by atoms with van der Waals surface area (Å²) in [7, 11) is 1.28. The van der Waals surface area contributed by atoms with Crippen molar-refractivity contribution >= 4 is 82.0 Å². The lowest BCUT2D eigenvalue weighted by atomic mass is 10.3. The van der Waals surface area contributed by atoms with E-state index in [1.807, 2.05) is 6.92 Å². The Balaban J connectivity index is 3.27. The SMILES string of the molecule is CCN=CC(Sc1c(Cl)c(Cl)c(Cl)c(Cl)c1Cl)C(=O)OC. The van der Waals surface area contributed by atoms with Crippen LogP contribution in [0.15, 0.2) is 9.89 Å². The zero-order valence-electron chi connectivity index (χ0n) is 10.9. The molecule has 21 heavy (non-hydrogen) atoms. The fourth-order valence-corrected chi connectivity index (χ4v) is 3.79. The van der Waals surface area contributed by atoms with Crippen LogP contribution >= 0.6 is 69.8 Å². The van der Waals surface area contributed by atoms with Gasteiger partial charge in [0.1, 0.15) is 5.25 Å². The van der Waals surface area contributed by atoms with E-state index >= 15 is 0 Å². The molecular formula is C12H10Cl5NO2S. The smallest absolute Gasteiger partial charge is 0.324 e. The topological polar surface area (TPSA) is 38.7 Å². The molecule has 0 aliphatic rings. The summed E-state index contributed by atoms with van der Waals surface area (Å²) in [6.45, 7) is 2.36. The van der Waals surface area contributed by atoms with Gasteiger partial charge >= 0.3 is 5.97 Å². The fourth-order valence-electron chi connectivity index (χ4n) is 1.27. The first kappa shape index (κ1) is 19.2. The van der Waals surface area contributed by atoms with Crippen molar-refractivity contribution in [1.29, 1.82) is 0 Å². The van der Waals surface area contributed by atoms with Crippen molar-refractivity contribution in [2.45, 2.75) is 17.1 Å². The van der Waals surface area contributed by atoms with Gasteiger partial charge in [-0.25, -0.2) is 0 Å². The molecule has 0 saturated carbocycles. The van der Waals surface area contributed by atoms with Crippen molar-refractivity contribution in [2.75, 3.05) is 13.7 Å². The number of carbonyl (C=O) groups is 1. The number of methoxy groups -OCH3 is 1. The Morgan fingerprint density at radius 2 is 1.62 bits per heavy atom. The van der Waals surface area contributed by atoms with Crippen LogP contribution < -0.4 is 0 Å². The molecule has 3 nitrogen and oxygen atoms in total. The number of carbonyl (C=O) groups excluding carboxylic acids is 1. The molecule has 0 amide bonds. The van der Waals surface area contributed by atoms with E-state index in [0.29, 0.717) is 11.4 Å². The summed E-state index contributed by atoms with van der Waals surface area (Å²) in [4.78, 5) is 16.1. The molecule has 0 radical (unpaired) electrons. The Morgan fingerprint density at radius 3 is 2.05 bits per heavy atom. The standard InChI is InChI=1S/C12H10Cl5NO2S/c1-3-18-4-5(12(19)20-2)21-11-9(16)7(14)6(13)8(15)10(11)17/h4-5H,3H2,1-2H3. The quantitative estimate of drug-likeness (QED) is 0.207. The van der Waals surface area contributed by atoms with Gasteiger partial charge in [0.2, 0.25) is 0 Å². The Morgan fingerprint density at radius 1 is 1.14 bits per heavy atom. The second kappa shape index (κ2) is 8.70. The normalized spacial score (nSPS) is 12.7. The second-order valence-corrected chi connectivity index (χ2v) is 6.65. The highest BCUT2D eigenvalue weighted by atomic mass is 35.5. The van der Waals surface area contributed by atoms with E-state index in [4.69, 9.17) is 62.7 Å². The molecule has 0 fully saturated rings. The number of halogens is 5. The molecule has 1 rings (SSSR count). The number of hydrogen-bond acceptors (Lipinski definition) is 4.